The Morgan fingerprint density at radius 1 is 1.17 bits per heavy atom. The van der Waals surface area contributed by atoms with E-state index in [-0.39, 0.29) is 22.3 Å². The fraction of sp³-hybridized carbons (Fsp3) is 0.862. The number of oxime groups is 1. The molecule has 4 fully saturated rings. The standard InChI is InChI=1S/C29H47N3O3/c1-18(32-35-26(34)30-16-20-15-27(2,3)17-31-20)23-8-9-24-22-7-6-19-14-21(33)10-12-28(19,4)25(22)11-13-29(23,24)5/h6,20-25,31,33H,7-17H2,1-5H3,(H,30,34)/b32-18+/t20?,21-,22-,23+,24-,25-,28-,29+/m0/s1. The van der Waals surface area contributed by atoms with Gasteiger partial charge in [0.2, 0.25) is 0 Å². The van der Waals surface area contributed by atoms with Gasteiger partial charge in [-0.05, 0) is 98.7 Å². The van der Waals surface area contributed by atoms with Crippen LogP contribution in [0.4, 0.5) is 4.79 Å². The third-order valence-electron chi connectivity index (χ3n) is 11.0. The number of carbonyl (C=O) groups is 1. The van der Waals surface area contributed by atoms with Crippen molar-refractivity contribution < 1.29 is 14.7 Å². The molecule has 5 aliphatic rings. The molecule has 0 radical (unpaired) electrons. The zero-order chi connectivity index (χ0) is 25.0. The Balaban J connectivity index is 1.21. The number of aliphatic hydroxyl groups excluding tert-OH is 1. The van der Waals surface area contributed by atoms with Gasteiger partial charge in [-0.2, -0.15) is 0 Å². The Kier molecular flexibility index (Phi) is 6.61. The van der Waals surface area contributed by atoms with Crippen LogP contribution in [-0.4, -0.2) is 42.1 Å². The second-order valence-corrected chi connectivity index (χ2v) is 13.8. The summed E-state index contributed by atoms with van der Waals surface area (Å²) in [4.78, 5) is 17.7. The average Bonchev–Trinajstić information content (AvgIpc) is 3.35. The Morgan fingerprint density at radius 3 is 2.71 bits per heavy atom. The maximum atomic E-state index is 12.3. The quantitative estimate of drug-likeness (QED) is 0.215. The molecule has 1 saturated heterocycles. The molecule has 0 bridgehead atoms. The Labute approximate surface area is 211 Å². The van der Waals surface area contributed by atoms with Crippen molar-refractivity contribution in [3.05, 3.63) is 11.6 Å². The topological polar surface area (TPSA) is 83.0 Å². The Bertz CT molecular complexity index is 898. The molecule has 0 aromatic carbocycles. The normalized spacial score (nSPS) is 44.6. The molecule has 4 aliphatic carbocycles. The predicted molar refractivity (Wildman–Crippen MR) is 139 cm³/mol. The fourth-order valence-electron chi connectivity index (χ4n) is 9.12. The first kappa shape index (κ1) is 25.3. The van der Waals surface area contributed by atoms with Gasteiger partial charge in [0, 0.05) is 25.0 Å². The van der Waals surface area contributed by atoms with Gasteiger partial charge in [-0.3, -0.25) is 4.84 Å². The van der Waals surface area contributed by atoms with Crippen molar-refractivity contribution in [2.24, 2.45) is 45.1 Å². The van der Waals surface area contributed by atoms with Gasteiger partial charge < -0.3 is 15.7 Å². The Hall–Kier alpha value is -1.40. The summed E-state index contributed by atoms with van der Waals surface area (Å²) in [6.45, 7) is 13.1. The number of nitrogens with zero attached hydrogens (tertiary/aromatic N) is 1. The number of aliphatic hydroxyl groups is 1. The van der Waals surface area contributed by atoms with Crippen LogP contribution in [0.15, 0.2) is 16.8 Å². The highest BCUT2D eigenvalue weighted by Crippen LogP contribution is 2.66. The minimum absolute atomic E-state index is 0.145. The average molecular weight is 486 g/mol. The van der Waals surface area contributed by atoms with E-state index in [4.69, 9.17) is 4.84 Å². The van der Waals surface area contributed by atoms with Crippen molar-refractivity contribution in [2.75, 3.05) is 13.1 Å². The number of allylic oxidation sites excluding steroid dienone is 1. The third kappa shape index (κ3) is 4.58. The van der Waals surface area contributed by atoms with Crippen LogP contribution in [0.5, 0.6) is 0 Å². The van der Waals surface area contributed by atoms with E-state index >= 15 is 0 Å². The molecule has 6 nitrogen and oxygen atoms in total. The van der Waals surface area contributed by atoms with Gasteiger partial charge in [-0.1, -0.05) is 44.5 Å². The van der Waals surface area contributed by atoms with Crippen LogP contribution in [0.2, 0.25) is 0 Å². The lowest BCUT2D eigenvalue weighted by atomic mass is 9.47. The van der Waals surface area contributed by atoms with E-state index in [1.54, 1.807) is 0 Å². The highest BCUT2D eigenvalue weighted by atomic mass is 16.7. The van der Waals surface area contributed by atoms with E-state index in [1.807, 2.05) is 0 Å². The summed E-state index contributed by atoms with van der Waals surface area (Å²) in [6.07, 6.45) is 11.9. The van der Waals surface area contributed by atoms with Gasteiger partial charge in [0.05, 0.1) is 11.8 Å². The molecule has 196 valence electrons. The van der Waals surface area contributed by atoms with Crippen LogP contribution >= 0.6 is 0 Å². The Morgan fingerprint density at radius 2 is 1.97 bits per heavy atom. The van der Waals surface area contributed by atoms with Crippen LogP contribution in [-0.2, 0) is 4.84 Å². The van der Waals surface area contributed by atoms with E-state index in [0.29, 0.717) is 24.4 Å². The molecule has 0 aromatic heterocycles. The van der Waals surface area contributed by atoms with E-state index in [2.05, 4.69) is 56.5 Å². The summed E-state index contributed by atoms with van der Waals surface area (Å²) in [5.41, 5.74) is 3.29. The first-order valence-corrected chi connectivity index (χ1v) is 14.1. The van der Waals surface area contributed by atoms with E-state index in [0.717, 1.165) is 62.6 Å². The monoisotopic (exact) mass is 485 g/mol. The van der Waals surface area contributed by atoms with Gasteiger partial charge >= 0.3 is 6.09 Å². The van der Waals surface area contributed by atoms with Gasteiger partial charge in [0.1, 0.15) is 0 Å². The van der Waals surface area contributed by atoms with Crippen LogP contribution in [0.1, 0.15) is 92.4 Å². The van der Waals surface area contributed by atoms with E-state index in [1.165, 1.54) is 24.8 Å². The lowest BCUT2D eigenvalue weighted by Crippen LogP contribution is -2.50. The molecule has 8 atom stereocenters. The van der Waals surface area contributed by atoms with Crippen LogP contribution in [0.3, 0.4) is 0 Å². The van der Waals surface area contributed by atoms with Gasteiger partial charge in [-0.25, -0.2) is 4.79 Å². The number of hydrogen-bond donors (Lipinski definition) is 3. The molecule has 1 unspecified atom stereocenters. The minimum atomic E-state index is -0.448. The largest absolute Gasteiger partial charge is 0.433 e. The van der Waals surface area contributed by atoms with Crippen LogP contribution in [0.25, 0.3) is 0 Å². The van der Waals surface area contributed by atoms with E-state index in [9.17, 15) is 9.90 Å². The maximum Gasteiger partial charge on any atom is 0.433 e. The summed E-state index contributed by atoms with van der Waals surface area (Å²) < 4.78 is 0. The molecular weight excluding hydrogens is 438 g/mol. The SMILES string of the molecule is C/C(=N\OC(=O)NCC1CC(C)(C)CN1)[C@H]1CC[C@H]2[C@@H]3CC=C4C[C@@H](O)CC[C@]4(C)[C@H]3CC[C@]12C. The summed E-state index contributed by atoms with van der Waals surface area (Å²) in [6, 6.07) is 0.298. The predicted octanol–water partition coefficient (Wildman–Crippen LogP) is 5.42. The highest BCUT2D eigenvalue weighted by Gasteiger charge is 2.59. The number of nitrogens with one attached hydrogen (secondary N) is 2. The molecule has 3 N–H and O–H groups in total. The number of fused-ring (bicyclic) bond motifs is 5. The van der Waals surface area contributed by atoms with Gasteiger partial charge in [0.25, 0.3) is 0 Å². The van der Waals surface area contributed by atoms with Crippen molar-refractivity contribution in [1.29, 1.82) is 0 Å². The van der Waals surface area contributed by atoms with E-state index < -0.39 is 6.09 Å². The minimum Gasteiger partial charge on any atom is -0.393 e. The molecule has 1 heterocycles. The molecular formula is C29H47N3O3. The zero-order valence-electron chi connectivity index (χ0n) is 22.5. The number of rotatable bonds is 4. The highest BCUT2D eigenvalue weighted by molar-refractivity contribution is 5.85. The third-order valence-corrected chi connectivity index (χ3v) is 11.0. The van der Waals surface area contributed by atoms with Gasteiger partial charge in [0.15, 0.2) is 0 Å². The zero-order valence-corrected chi connectivity index (χ0v) is 22.5. The first-order valence-electron chi connectivity index (χ1n) is 14.1. The molecule has 3 saturated carbocycles. The summed E-state index contributed by atoms with van der Waals surface area (Å²) >= 11 is 0. The van der Waals surface area contributed by atoms with Crippen molar-refractivity contribution in [1.82, 2.24) is 10.6 Å². The molecule has 5 rings (SSSR count). The fourth-order valence-corrected chi connectivity index (χ4v) is 9.12. The summed E-state index contributed by atoms with van der Waals surface area (Å²) in [5, 5.41) is 21.0. The molecule has 0 spiro atoms. The van der Waals surface area contributed by atoms with Crippen molar-refractivity contribution in [3.63, 3.8) is 0 Å². The van der Waals surface area contributed by atoms with Crippen molar-refractivity contribution in [3.8, 4) is 0 Å². The number of amides is 1. The number of hydrogen-bond acceptors (Lipinski definition) is 5. The molecule has 1 amide bonds. The van der Waals surface area contributed by atoms with Crippen LogP contribution < -0.4 is 10.6 Å². The lowest BCUT2D eigenvalue weighted by molar-refractivity contribution is -0.0425. The molecule has 0 aromatic rings. The molecule has 1 aliphatic heterocycles. The maximum absolute atomic E-state index is 12.3. The van der Waals surface area contributed by atoms with Crippen LogP contribution in [0, 0.1) is 39.9 Å². The van der Waals surface area contributed by atoms with Crippen molar-refractivity contribution in [2.45, 2.75) is 105 Å². The molecule has 35 heavy (non-hydrogen) atoms. The first-order chi connectivity index (χ1) is 16.5. The van der Waals surface area contributed by atoms with Crippen molar-refractivity contribution >= 4 is 11.8 Å². The molecule has 6 heteroatoms. The smallest absolute Gasteiger partial charge is 0.393 e. The second kappa shape index (κ2) is 9.16. The lowest BCUT2D eigenvalue weighted by Gasteiger charge is -2.58. The second-order valence-electron chi connectivity index (χ2n) is 13.8. The summed E-state index contributed by atoms with van der Waals surface area (Å²) in [5.74, 6) is 2.54. The van der Waals surface area contributed by atoms with Gasteiger partial charge in [-0.15, -0.1) is 0 Å². The number of carbonyl (C=O) groups excluding carboxylic acids is 1. The summed E-state index contributed by atoms with van der Waals surface area (Å²) in [7, 11) is 0.